The van der Waals surface area contributed by atoms with Gasteiger partial charge in [-0.25, -0.2) is 0 Å². The average Bonchev–Trinajstić information content (AvgIpc) is 3.28. The molecule has 1 nitrogen and oxygen atoms in total. The van der Waals surface area contributed by atoms with Crippen molar-refractivity contribution < 1.29 is 0 Å². The van der Waals surface area contributed by atoms with Gasteiger partial charge in [0.15, 0.2) is 0 Å². The van der Waals surface area contributed by atoms with Crippen molar-refractivity contribution in [3.05, 3.63) is 35.9 Å². The number of hydrogen-bond donors (Lipinski definition) is 1. The molecule has 4 rings (SSSR count). The van der Waals surface area contributed by atoms with Gasteiger partial charge in [-0.1, -0.05) is 43.2 Å². The van der Waals surface area contributed by atoms with Crippen LogP contribution in [0.25, 0.3) is 0 Å². The summed E-state index contributed by atoms with van der Waals surface area (Å²) in [5, 5.41) is 0. The molecule has 3 aliphatic rings. The molecule has 3 aliphatic carbocycles. The highest BCUT2D eigenvalue weighted by Gasteiger charge is 2.75. The van der Waals surface area contributed by atoms with E-state index in [1.54, 1.807) is 0 Å². The van der Waals surface area contributed by atoms with E-state index in [1.165, 1.54) is 44.1 Å². The van der Waals surface area contributed by atoms with Crippen molar-refractivity contribution >= 4 is 0 Å². The Balaban J connectivity index is 1.71. The van der Waals surface area contributed by atoms with Crippen LogP contribution in [0.15, 0.2) is 30.3 Å². The van der Waals surface area contributed by atoms with Crippen LogP contribution in [0.4, 0.5) is 0 Å². The molecular formula is C16H21N. The Morgan fingerprint density at radius 1 is 0.941 bits per heavy atom. The SMILES string of the molecule is NC1(C2(c3ccccc3)CC2)C2CCCCC21. The van der Waals surface area contributed by atoms with Gasteiger partial charge in [0, 0.05) is 11.0 Å². The molecule has 1 aromatic carbocycles. The van der Waals surface area contributed by atoms with Crippen molar-refractivity contribution in [3.63, 3.8) is 0 Å². The summed E-state index contributed by atoms with van der Waals surface area (Å²) in [4.78, 5) is 0. The second-order valence-electron chi connectivity index (χ2n) is 6.38. The third kappa shape index (κ3) is 1.14. The lowest BCUT2D eigenvalue weighted by atomic mass is 9.83. The van der Waals surface area contributed by atoms with Gasteiger partial charge in [-0.15, -0.1) is 0 Å². The third-order valence-electron chi connectivity index (χ3n) is 5.79. The van der Waals surface area contributed by atoms with Crippen molar-refractivity contribution in [1.29, 1.82) is 0 Å². The zero-order valence-electron chi connectivity index (χ0n) is 10.4. The summed E-state index contributed by atoms with van der Waals surface area (Å²) in [6.45, 7) is 0. The molecule has 1 aromatic rings. The Morgan fingerprint density at radius 3 is 2.06 bits per heavy atom. The minimum Gasteiger partial charge on any atom is -0.324 e. The van der Waals surface area contributed by atoms with Gasteiger partial charge in [-0.2, -0.15) is 0 Å². The third-order valence-corrected chi connectivity index (χ3v) is 5.79. The quantitative estimate of drug-likeness (QED) is 0.824. The molecule has 3 fully saturated rings. The van der Waals surface area contributed by atoms with Gasteiger partial charge in [0.1, 0.15) is 0 Å². The molecule has 17 heavy (non-hydrogen) atoms. The Kier molecular flexibility index (Phi) is 1.87. The number of benzene rings is 1. The lowest BCUT2D eigenvalue weighted by Crippen LogP contribution is -2.41. The molecule has 2 unspecified atom stereocenters. The fourth-order valence-electron chi connectivity index (χ4n) is 4.74. The molecule has 1 heteroatoms. The highest BCUT2D eigenvalue weighted by molar-refractivity contribution is 5.44. The number of hydrogen-bond acceptors (Lipinski definition) is 1. The van der Waals surface area contributed by atoms with Crippen LogP contribution >= 0.6 is 0 Å². The molecule has 90 valence electrons. The van der Waals surface area contributed by atoms with Crippen LogP contribution in [0, 0.1) is 11.8 Å². The summed E-state index contributed by atoms with van der Waals surface area (Å²) < 4.78 is 0. The maximum absolute atomic E-state index is 6.87. The first kappa shape index (κ1) is 10.1. The Labute approximate surface area is 103 Å². The minimum absolute atomic E-state index is 0.158. The van der Waals surface area contributed by atoms with E-state index in [-0.39, 0.29) is 5.54 Å². The molecule has 0 heterocycles. The van der Waals surface area contributed by atoms with E-state index in [0.29, 0.717) is 5.41 Å². The molecular weight excluding hydrogens is 206 g/mol. The van der Waals surface area contributed by atoms with E-state index >= 15 is 0 Å². The normalized spacial score (nSPS) is 41.7. The minimum atomic E-state index is 0.158. The van der Waals surface area contributed by atoms with Crippen molar-refractivity contribution in [1.82, 2.24) is 0 Å². The highest BCUT2D eigenvalue weighted by Crippen LogP contribution is 2.72. The van der Waals surface area contributed by atoms with Gasteiger partial charge < -0.3 is 5.73 Å². The second-order valence-corrected chi connectivity index (χ2v) is 6.38. The van der Waals surface area contributed by atoms with E-state index < -0.39 is 0 Å². The molecule has 2 atom stereocenters. The maximum atomic E-state index is 6.87. The van der Waals surface area contributed by atoms with Gasteiger partial charge in [0.25, 0.3) is 0 Å². The van der Waals surface area contributed by atoms with Crippen molar-refractivity contribution in [2.75, 3.05) is 0 Å². The molecule has 0 radical (unpaired) electrons. The number of fused-ring (bicyclic) bond motifs is 1. The van der Waals surface area contributed by atoms with Crippen LogP contribution < -0.4 is 5.73 Å². The fraction of sp³-hybridized carbons (Fsp3) is 0.625. The lowest BCUT2D eigenvalue weighted by Gasteiger charge is -2.26. The highest BCUT2D eigenvalue weighted by atomic mass is 15.0. The molecule has 3 saturated carbocycles. The predicted octanol–water partition coefficient (Wildman–Crippen LogP) is 3.24. The van der Waals surface area contributed by atoms with Crippen LogP contribution in [0.3, 0.4) is 0 Å². The first-order valence-electron chi connectivity index (χ1n) is 7.13. The van der Waals surface area contributed by atoms with Gasteiger partial charge in [-0.3, -0.25) is 0 Å². The summed E-state index contributed by atoms with van der Waals surface area (Å²) in [7, 11) is 0. The predicted molar refractivity (Wildman–Crippen MR) is 69.7 cm³/mol. The van der Waals surface area contributed by atoms with E-state index in [4.69, 9.17) is 5.73 Å². The van der Waals surface area contributed by atoms with Crippen LogP contribution in [0.2, 0.25) is 0 Å². The van der Waals surface area contributed by atoms with Crippen LogP contribution in [0.5, 0.6) is 0 Å². The average molecular weight is 227 g/mol. The molecule has 0 saturated heterocycles. The smallest absolute Gasteiger partial charge is 0.0316 e. The van der Waals surface area contributed by atoms with E-state index in [0.717, 1.165) is 11.8 Å². The van der Waals surface area contributed by atoms with E-state index in [1.807, 2.05) is 0 Å². The summed E-state index contributed by atoms with van der Waals surface area (Å²) in [6, 6.07) is 11.1. The Hall–Kier alpha value is -0.820. The van der Waals surface area contributed by atoms with Gasteiger partial charge in [-0.05, 0) is 43.1 Å². The lowest BCUT2D eigenvalue weighted by molar-refractivity contribution is 0.441. The second kappa shape index (κ2) is 3.14. The number of rotatable bonds is 2. The summed E-state index contributed by atoms with van der Waals surface area (Å²) in [6.07, 6.45) is 8.22. The summed E-state index contributed by atoms with van der Waals surface area (Å²) >= 11 is 0. The molecule has 0 amide bonds. The van der Waals surface area contributed by atoms with Crippen LogP contribution in [0.1, 0.15) is 44.1 Å². The zero-order chi connectivity index (χ0) is 11.5. The van der Waals surface area contributed by atoms with Crippen molar-refractivity contribution in [3.8, 4) is 0 Å². The summed E-state index contributed by atoms with van der Waals surface area (Å²) in [5.74, 6) is 1.66. The Bertz CT molecular complexity index is 420. The number of nitrogens with two attached hydrogens (primary N) is 1. The molecule has 0 bridgehead atoms. The van der Waals surface area contributed by atoms with Crippen molar-refractivity contribution in [2.45, 2.75) is 49.5 Å². The van der Waals surface area contributed by atoms with E-state index in [9.17, 15) is 0 Å². The van der Waals surface area contributed by atoms with Gasteiger partial charge in [0.05, 0.1) is 0 Å². The van der Waals surface area contributed by atoms with Gasteiger partial charge in [0.2, 0.25) is 0 Å². The standard InChI is InChI=1S/C16H21N/c17-16(13-8-4-5-9-14(13)16)15(10-11-15)12-6-2-1-3-7-12/h1-3,6-7,13-14H,4-5,8-11,17H2. The monoisotopic (exact) mass is 227 g/mol. The van der Waals surface area contributed by atoms with Crippen LogP contribution in [-0.2, 0) is 5.41 Å². The summed E-state index contributed by atoms with van der Waals surface area (Å²) in [5.41, 5.74) is 8.89. The molecule has 0 aromatic heterocycles. The topological polar surface area (TPSA) is 26.0 Å². The van der Waals surface area contributed by atoms with Crippen molar-refractivity contribution in [2.24, 2.45) is 17.6 Å². The fourth-order valence-corrected chi connectivity index (χ4v) is 4.74. The first-order chi connectivity index (χ1) is 8.29. The Morgan fingerprint density at radius 2 is 1.53 bits per heavy atom. The van der Waals surface area contributed by atoms with E-state index in [2.05, 4.69) is 30.3 Å². The van der Waals surface area contributed by atoms with Crippen LogP contribution in [-0.4, -0.2) is 5.54 Å². The first-order valence-corrected chi connectivity index (χ1v) is 7.13. The zero-order valence-corrected chi connectivity index (χ0v) is 10.4. The molecule has 0 aliphatic heterocycles. The maximum Gasteiger partial charge on any atom is 0.0316 e. The molecule has 0 spiro atoms. The molecule has 2 N–H and O–H groups in total. The largest absolute Gasteiger partial charge is 0.324 e. The van der Waals surface area contributed by atoms with Gasteiger partial charge >= 0.3 is 0 Å².